The third kappa shape index (κ3) is 4.30. The van der Waals surface area contributed by atoms with Gasteiger partial charge in [-0.2, -0.15) is 4.37 Å². The Bertz CT molecular complexity index is 1160. The molecule has 4 heterocycles. The second-order valence-electron chi connectivity index (χ2n) is 6.47. The van der Waals surface area contributed by atoms with Gasteiger partial charge >= 0.3 is 5.97 Å². The van der Waals surface area contributed by atoms with Crippen LogP contribution in [0.3, 0.4) is 0 Å². The molecule has 0 saturated carbocycles. The number of carbonyl (C=O) groups excluding carboxylic acids is 2. The summed E-state index contributed by atoms with van der Waals surface area (Å²) >= 11 is 4.65. The smallest absolute Gasteiger partial charge is 0.353 e. The molecule has 1 unspecified atom stereocenters. The lowest BCUT2D eigenvalue weighted by Gasteiger charge is -2.46. The van der Waals surface area contributed by atoms with Crippen LogP contribution in [0.5, 0.6) is 0 Å². The first-order valence-electron chi connectivity index (χ1n) is 8.89. The summed E-state index contributed by atoms with van der Waals surface area (Å²) in [5.41, 5.74) is 5.15. The molecule has 12 nitrogen and oxygen atoms in total. The largest absolute Gasteiger partial charge is 0.477 e. The van der Waals surface area contributed by atoms with Crippen molar-refractivity contribution >= 4 is 75.0 Å². The minimum absolute atomic E-state index is 0.0923. The number of aliphatic carboxylic acids is 1. The molecular formula is C16H15N7O5S4. The van der Waals surface area contributed by atoms with Gasteiger partial charge in [-0.15, -0.1) is 34.9 Å². The van der Waals surface area contributed by atoms with Gasteiger partial charge in [0.05, 0.1) is 17.5 Å². The summed E-state index contributed by atoms with van der Waals surface area (Å²) in [4.78, 5) is 46.7. The molecule has 2 aromatic rings. The molecule has 2 aromatic heterocycles. The van der Waals surface area contributed by atoms with E-state index in [9.17, 15) is 24.7 Å². The van der Waals surface area contributed by atoms with E-state index in [-0.39, 0.29) is 39.5 Å². The molecule has 32 heavy (non-hydrogen) atoms. The quantitative estimate of drug-likeness (QED) is 0.179. The number of nitrogens with zero attached hydrogens (tertiary/aromatic N) is 5. The number of amides is 2. The average molecular weight is 514 g/mol. The Hall–Kier alpha value is -2.69. The molecule has 16 heteroatoms. The van der Waals surface area contributed by atoms with Gasteiger partial charge in [0.15, 0.2) is 10.8 Å². The van der Waals surface area contributed by atoms with Gasteiger partial charge in [0, 0.05) is 10.3 Å². The topological polar surface area (TPSA) is 184 Å². The van der Waals surface area contributed by atoms with E-state index in [0.29, 0.717) is 16.6 Å². The van der Waals surface area contributed by atoms with Gasteiger partial charge in [-0.3, -0.25) is 14.5 Å². The number of thioether (sulfide) groups is 2. The lowest BCUT2D eigenvalue weighted by Crippen LogP contribution is -2.57. The van der Waals surface area contributed by atoms with Crippen LogP contribution in [0.25, 0.3) is 0 Å². The van der Waals surface area contributed by atoms with Crippen LogP contribution in [0.15, 0.2) is 21.1 Å². The third-order valence-electron chi connectivity index (χ3n) is 4.38. The average Bonchev–Trinajstić information content (AvgIpc) is 3.34. The minimum Gasteiger partial charge on any atom is -0.477 e. The summed E-state index contributed by atoms with van der Waals surface area (Å²) in [6.45, 7) is 1.75. The zero-order chi connectivity index (χ0) is 23.0. The SMILES string of the molecule is Cc1nsc(CSC2=C(C(=O)O)N3C(=O)C[C@@H]3SC2NC(=O)/C(=N\O)c2csc(N)n2)n1. The Kier molecular flexibility index (Phi) is 6.36. The summed E-state index contributed by atoms with van der Waals surface area (Å²) in [7, 11) is 0. The molecule has 0 aromatic carbocycles. The molecule has 2 aliphatic heterocycles. The van der Waals surface area contributed by atoms with Crippen molar-refractivity contribution in [3.8, 4) is 0 Å². The molecular weight excluding hydrogens is 498 g/mol. The fourth-order valence-corrected chi connectivity index (χ4v) is 6.96. The monoisotopic (exact) mass is 513 g/mol. The molecule has 4 rings (SSSR count). The van der Waals surface area contributed by atoms with Crippen LogP contribution in [-0.4, -0.2) is 63.8 Å². The number of aryl methyl sites for hydroxylation is 1. The van der Waals surface area contributed by atoms with Gasteiger partial charge in [0.1, 0.15) is 27.6 Å². The predicted octanol–water partition coefficient (Wildman–Crippen LogP) is 1.04. The van der Waals surface area contributed by atoms with E-state index in [2.05, 4.69) is 24.8 Å². The Morgan fingerprint density at radius 3 is 2.78 bits per heavy atom. The number of aromatic nitrogens is 3. The summed E-state index contributed by atoms with van der Waals surface area (Å²) in [6.07, 6.45) is 0.158. The number of rotatable bonds is 7. The second kappa shape index (κ2) is 9.05. The second-order valence-corrected chi connectivity index (χ2v) is 10.5. The molecule has 2 atom stereocenters. The van der Waals surface area contributed by atoms with Gasteiger partial charge in [-0.05, 0) is 18.5 Å². The molecule has 0 bridgehead atoms. The van der Waals surface area contributed by atoms with E-state index in [1.54, 1.807) is 6.92 Å². The van der Waals surface area contributed by atoms with Crippen LogP contribution in [0.4, 0.5) is 5.13 Å². The Morgan fingerprint density at radius 2 is 2.22 bits per heavy atom. The van der Waals surface area contributed by atoms with Crippen LogP contribution in [-0.2, 0) is 20.1 Å². The molecule has 1 fully saturated rings. The molecule has 0 spiro atoms. The van der Waals surface area contributed by atoms with Crippen molar-refractivity contribution in [2.75, 3.05) is 5.73 Å². The van der Waals surface area contributed by atoms with E-state index in [4.69, 9.17) is 5.73 Å². The van der Waals surface area contributed by atoms with Gasteiger partial charge in [-0.25, -0.2) is 14.8 Å². The van der Waals surface area contributed by atoms with E-state index in [0.717, 1.165) is 23.1 Å². The molecule has 5 N–H and O–H groups in total. The van der Waals surface area contributed by atoms with Crippen molar-refractivity contribution in [2.45, 2.75) is 29.8 Å². The number of oxime groups is 1. The maximum absolute atomic E-state index is 12.9. The van der Waals surface area contributed by atoms with Gasteiger partial charge in [0.2, 0.25) is 5.91 Å². The van der Waals surface area contributed by atoms with E-state index in [1.165, 1.54) is 33.6 Å². The van der Waals surface area contributed by atoms with E-state index < -0.39 is 22.6 Å². The maximum Gasteiger partial charge on any atom is 0.353 e. The van der Waals surface area contributed by atoms with Crippen molar-refractivity contribution < 1.29 is 24.7 Å². The van der Waals surface area contributed by atoms with Crippen molar-refractivity contribution in [1.82, 2.24) is 24.6 Å². The first-order chi connectivity index (χ1) is 15.3. The summed E-state index contributed by atoms with van der Waals surface area (Å²) in [6, 6.07) is 0. The standard InChI is InChI=1S/C16H15N7O5S4/c1-5-18-7(32-22-5)4-29-12-11(15(26)27)23-8(24)2-9(23)31-14(12)20-13(25)10(21-28)6-3-30-16(17)19-6/h3,9,14,28H,2,4H2,1H3,(H2,17,19)(H,20,25)(H,26,27)/b21-10-/t9-,14?/m0/s1. The van der Waals surface area contributed by atoms with E-state index in [1.807, 2.05) is 0 Å². The van der Waals surface area contributed by atoms with Crippen LogP contribution >= 0.6 is 46.4 Å². The Balaban J connectivity index is 1.63. The number of thiazole rings is 1. The Labute approximate surface area is 197 Å². The maximum atomic E-state index is 12.9. The highest BCUT2D eigenvalue weighted by Gasteiger charge is 2.49. The number of β-lactam (4-membered cyclic amide) rings is 1. The number of fused-ring (bicyclic) bond motifs is 1. The molecule has 168 valence electrons. The number of anilines is 1. The fraction of sp³-hybridized carbons (Fsp3) is 0.312. The van der Waals surface area contributed by atoms with Crippen molar-refractivity contribution in [2.24, 2.45) is 5.16 Å². The number of nitrogens with two attached hydrogens (primary N) is 1. The van der Waals surface area contributed by atoms with Crippen molar-refractivity contribution in [3.05, 3.63) is 32.5 Å². The van der Waals surface area contributed by atoms with Crippen LogP contribution < -0.4 is 11.1 Å². The van der Waals surface area contributed by atoms with Gasteiger partial charge < -0.3 is 21.4 Å². The number of hydrogen-bond donors (Lipinski definition) is 4. The van der Waals surface area contributed by atoms with Crippen molar-refractivity contribution in [3.63, 3.8) is 0 Å². The highest BCUT2D eigenvalue weighted by molar-refractivity contribution is 8.06. The summed E-state index contributed by atoms with van der Waals surface area (Å²) < 4.78 is 4.11. The molecule has 2 aliphatic rings. The molecule has 0 radical (unpaired) electrons. The Morgan fingerprint density at radius 1 is 1.44 bits per heavy atom. The normalized spacial score (nSPS) is 20.7. The molecule has 1 saturated heterocycles. The summed E-state index contributed by atoms with van der Waals surface area (Å²) in [5, 5.41) is 26.0. The van der Waals surface area contributed by atoms with Crippen LogP contribution in [0, 0.1) is 6.92 Å². The van der Waals surface area contributed by atoms with Crippen molar-refractivity contribution in [1.29, 1.82) is 0 Å². The first kappa shape index (κ1) is 22.5. The molecule has 2 amide bonds. The number of nitrogen functional groups attached to an aromatic ring is 1. The fourth-order valence-electron chi connectivity index (χ4n) is 3.01. The van der Waals surface area contributed by atoms with Gasteiger partial charge in [-0.1, -0.05) is 5.16 Å². The van der Waals surface area contributed by atoms with Gasteiger partial charge in [0.25, 0.3) is 5.91 Å². The zero-order valence-electron chi connectivity index (χ0n) is 16.2. The third-order valence-corrected chi connectivity index (χ3v) is 8.66. The number of nitrogens with one attached hydrogen (secondary N) is 1. The van der Waals surface area contributed by atoms with Crippen LogP contribution in [0.2, 0.25) is 0 Å². The van der Waals surface area contributed by atoms with Crippen LogP contribution in [0.1, 0.15) is 22.9 Å². The number of carbonyl (C=O) groups is 3. The first-order valence-corrected chi connectivity index (χ1v) is 12.5. The van der Waals surface area contributed by atoms with E-state index >= 15 is 0 Å². The lowest BCUT2D eigenvalue weighted by molar-refractivity contribution is -0.146. The minimum atomic E-state index is -1.28. The highest BCUT2D eigenvalue weighted by atomic mass is 32.2. The highest BCUT2D eigenvalue weighted by Crippen LogP contribution is 2.47. The molecule has 0 aliphatic carbocycles. The summed E-state index contributed by atoms with van der Waals surface area (Å²) in [5.74, 6) is -1.43. The number of hydrogen-bond acceptors (Lipinski definition) is 13. The number of carboxylic acids is 1. The lowest BCUT2D eigenvalue weighted by atomic mass is 10.1. The predicted molar refractivity (Wildman–Crippen MR) is 120 cm³/mol. The zero-order valence-corrected chi connectivity index (χ0v) is 19.5. The number of carboxylic acid groups (broad SMARTS) is 1.